The lowest BCUT2D eigenvalue weighted by Gasteiger charge is -2.62. The summed E-state index contributed by atoms with van der Waals surface area (Å²) in [7, 11) is 0. The standard InChI is InChI=1S/C22H24O6S/c1-2-29-21-17(27-20(25)14-11-7-4-8-12-14)18(24)22(26)15(16(23)19(22)28-21)13-9-5-3-6-10-13/h3-12,15-19,21,23-24,26H,2H2,1H3/t15?,16?,17-,18-,19-,21?,22-/m1/s1. The second-order valence-corrected chi connectivity index (χ2v) is 8.70. The SMILES string of the molecule is CCSC1O[C@@H]2C(O)C(c3ccccc3)[C@@]2(O)[C@H](O)[C@H]1OC(=O)c1ccccc1. The van der Waals surface area contributed by atoms with Crippen LogP contribution in [0.2, 0.25) is 0 Å². The number of hydrogen-bond acceptors (Lipinski definition) is 7. The highest BCUT2D eigenvalue weighted by atomic mass is 32.2. The molecule has 3 unspecified atom stereocenters. The fourth-order valence-electron chi connectivity index (χ4n) is 4.26. The van der Waals surface area contributed by atoms with Crippen molar-refractivity contribution in [1.29, 1.82) is 0 Å². The van der Waals surface area contributed by atoms with E-state index in [9.17, 15) is 20.1 Å². The van der Waals surface area contributed by atoms with E-state index in [2.05, 4.69) is 0 Å². The molecule has 6 nitrogen and oxygen atoms in total. The molecular weight excluding hydrogens is 392 g/mol. The van der Waals surface area contributed by atoms with Gasteiger partial charge in [0.25, 0.3) is 0 Å². The Morgan fingerprint density at radius 2 is 1.72 bits per heavy atom. The van der Waals surface area contributed by atoms with Crippen LogP contribution < -0.4 is 0 Å². The molecule has 0 aromatic heterocycles. The molecule has 7 heteroatoms. The van der Waals surface area contributed by atoms with E-state index >= 15 is 0 Å². The first-order valence-corrected chi connectivity index (χ1v) is 10.7. The van der Waals surface area contributed by atoms with Gasteiger partial charge in [0.1, 0.15) is 23.2 Å². The lowest BCUT2D eigenvalue weighted by Crippen LogP contribution is -2.80. The fourth-order valence-corrected chi connectivity index (χ4v) is 5.19. The first-order valence-electron chi connectivity index (χ1n) is 9.65. The number of esters is 1. The monoisotopic (exact) mass is 416 g/mol. The van der Waals surface area contributed by atoms with Gasteiger partial charge in [0.15, 0.2) is 6.10 Å². The number of benzene rings is 2. The number of thioether (sulfide) groups is 1. The molecule has 2 aliphatic rings. The van der Waals surface area contributed by atoms with Crippen molar-refractivity contribution in [3.63, 3.8) is 0 Å². The van der Waals surface area contributed by atoms with Gasteiger partial charge in [0, 0.05) is 5.92 Å². The van der Waals surface area contributed by atoms with Gasteiger partial charge in [-0.15, -0.1) is 11.8 Å². The Hall–Kier alpha value is -1.90. The molecule has 0 radical (unpaired) electrons. The predicted molar refractivity (Wildman–Crippen MR) is 109 cm³/mol. The summed E-state index contributed by atoms with van der Waals surface area (Å²) >= 11 is 1.36. The molecule has 1 saturated heterocycles. The minimum Gasteiger partial charge on any atom is -0.452 e. The van der Waals surface area contributed by atoms with Crippen molar-refractivity contribution in [2.45, 2.75) is 48.3 Å². The van der Waals surface area contributed by atoms with Gasteiger partial charge in [-0.2, -0.15) is 0 Å². The zero-order valence-electron chi connectivity index (χ0n) is 15.9. The van der Waals surface area contributed by atoms with Gasteiger partial charge in [0.2, 0.25) is 0 Å². The predicted octanol–water partition coefficient (Wildman–Crippen LogP) is 1.94. The fraction of sp³-hybridized carbons (Fsp3) is 0.409. The Balaban J connectivity index is 1.63. The molecule has 1 saturated carbocycles. The van der Waals surface area contributed by atoms with Crippen LogP contribution in [0, 0.1) is 0 Å². The molecule has 1 aliphatic carbocycles. The highest BCUT2D eigenvalue weighted by Crippen LogP contribution is 2.55. The van der Waals surface area contributed by atoms with Crippen LogP contribution in [0.4, 0.5) is 0 Å². The number of fused-ring (bicyclic) bond motifs is 1. The summed E-state index contributed by atoms with van der Waals surface area (Å²) in [5.41, 5.74) is -1.41. The number of carbonyl (C=O) groups is 1. The second-order valence-electron chi connectivity index (χ2n) is 7.33. The number of aliphatic hydroxyl groups is 3. The number of rotatable bonds is 5. The quantitative estimate of drug-likeness (QED) is 0.641. The molecule has 1 aliphatic heterocycles. The summed E-state index contributed by atoms with van der Waals surface area (Å²) in [4.78, 5) is 12.6. The molecule has 0 bridgehead atoms. The summed E-state index contributed by atoms with van der Waals surface area (Å²) in [6.07, 6.45) is -4.42. The summed E-state index contributed by atoms with van der Waals surface area (Å²) in [5.74, 6) is -0.688. The average Bonchev–Trinajstić information content (AvgIpc) is 2.75. The van der Waals surface area contributed by atoms with Crippen molar-refractivity contribution in [1.82, 2.24) is 0 Å². The lowest BCUT2D eigenvalue weighted by molar-refractivity contribution is -0.336. The first-order chi connectivity index (χ1) is 14.0. The first kappa shape index (κ1) is 20.4. The Morgan fingerprint density at radius 1 is 1.10 bits per heavy atom. The van der Waals surface area contributed by atoms with Crippen LogP contribution in [0.5, 0.6) is 0 Å². The highest BCUT2D eigenvalue weighted by molar-refractivity contribution is 7.99. The van der Waals surface area contributed by atoms with Crippen LogP contribution in [-0.2, 0) is 9.47 Å². The third kappa shape index (κ3) is 3.37. The molecule has 29 heavy (non-hydrogen) atoms. The topological polar surface area (TPSA) is 96.2 Å². The molecule has 0 spiro atoms. The van der Waals surface area contributed by atoms with Crippen LogP contribution in [0.15, 0.2) is 60.7 Å². The normalized spacial score (nSPS) is 36.0. The Kier molecular flexibility index (Phi) is 5.68. The lowest BCUT2D eigenvalue weighted by atomic mass is 9.57. The number of aliphatic hydroxyl groups excluding tert-OH is 2. The molecule has 4 rings (SSSR count). The zero-order valence-corrected chi connectivity index (χ0v) is 16.7. The van der Waals surface area contributed by atoms with E-state index in [-0.39, 0.29) is 0 Å². The maximum atomic E-state index is 12.6. The van der Waals surface area contributed by atoms with Gasteiger partial charge in [-0.05, 0) is 23.4 Å². The average molecular weight is 416 g/mol. The molecule has 1 heterocycles. The molecule has 154 valence electrons. The van der Waals surface area contributed by atoms with Crippen LogP contribution >= 0.6 is 11.8 Å². The minimum atomic E-state index is -1.76. The Bertz CT molecular complexity index is 847. The number of carbonyl (C=O) groups excluding carboxylic acids is 1. The van der Waals surface area contributed by atoms with Gasteiger partial charge in [0.05, 0.1) is 11.7 Å². The third-order valence-electron chi connectivity index (χ3n) is 5.68. The van der Waals surface area contributed by atoms with Crippen molar-refractivity contribution in [3.8, 4) is 0 Å². The molecule has 3 N–H and O–H groups in total. The van der Waals surface area contributed by atoms with Gasteiger partial charge in [-0.1, -0.05) is 55.5 Å². The van der Waals surface area contributed by atoms with Crippen LogP contribution in [0.25, 0.3) is 0 Å². The third-order valence-corrected chi connectivity index (χ3v) is 6.72. The Labute approximate surface area is 173 Å². The van der Waals surface area contributed by atoms with E-state index < -0.39 is 47.3 Å². The van der Waals surface area contributed by atoms with Crippen molar-refractivity contribution in [2.24, 2.45) is 0 Å². The van der Waals surface area contributed by atoms with Crippen molar-refractivity contribution < 1.29 is 29.6 Å². The molecule has 2 aromatic rings. The van der Waals surface area contributed by atoms with Gasteiger partial charge >= 0.3 is 5.97 Å². The summed E-state index contributed by atoms with van der Waals surface area (Å²) in [5, 5.41) is 33.2. The second kappa shape index (κ2) is 8.08. The zero-order chi connectivity index (χ0) is 20.6. The van der Waals surface area contributed by atoms with E-state index in [1.54, 1.807) is 54.6 Å². The van der Waals surface area contributed by atoms with E-state index in [1.807, 2.05) is 13.0 Å². The van der Waals surface area contributed by atoms with Gasteiger partial charge in [-0.25, -0.2) is 4.79 Å². The highest BCUT2D eigenvalue weighted by Gasteiger charge is 2.71. The van der Waals surface area contributed by atoms with Gasteiger partial charge < -0.3 is 24.8 Å². The van der Waals surface area contributed by atoms with E-state index in [4.69, 9.17) is 9.47 Å². The van der Waals surface area contributed by atoms with Gasteiger partial charge in [-0.3, -0.25) is 0 Å². The minimum absolute atomic E-state index is 0.349. The van der Waals surface area contributed by atoms with Crippen LogP contribution in [0.1, 0.15) is 28.8 Å². The smallest absolute Gasteiger partial charge is 0.338 e. The van der Waals surface area contributed by atoms with E-state index in [0.717, 1.165) is 0 Å². The molecule has 2 fully saturated rings. The molecule has 0 amide bonds. The summed E-state index contributed by atoms with van der Waals surface area (Å²) in [6.45, 7) is 1.92. The Morgan fingerprint density at radius 3 is 2.34 bits per heavy atom. The number of ether oxygens (including phenoxy) is 2. The molecule has 7 atom stereocenters. The summed E-state index contributed by atoms with van der Waals surface area (Å²) in [6, 6.07) is 17.5. The van der Waals surface area contributed by atoms with Crippen LogP contribution in [0.3, 0.4) is 0 Å². The summed E-state index contributed by atoms with van der Waals surface area (Å²) < 4.78 is 11.6. The largest absolute Gasteiger partial charge is 0.452 e. The van der Waals surface area contributed by atoms with Crippen molar-refractivity contribution in [3.05, 3.63) is 71.8 Å². The van der Waals surface area contributed by atoms with Crippen molar-refractivity contribution in [2.75, 3.05) is 5.75 Å². The molecular formula is C22H24O6S. The van der Waals surface area contributed by atoms with E-state index in [1.165, 1.54) is 11.8 Å². The maximum Gasteiger partial charge on any atom is 0.338 e. The van der Waals surface area contributed by atoms with Crippen molar-refractivity contribution >= 4 is 17.7 Å². The number of hydrogen-bond donors (Lipinski definition) is 3. The van der Waals surface area contributed by atoms with E-state index in [0.29, 0.717) is 16.9 Å². The molecule has 2 aromatic carbocycles. The maximum absolute atomic E-state index is 12.6. The van der Waals surface area contributed by atoms with Crippen LogP contribution in [-0.4, -0.2) is 62.5 Å².